The Labute approximate surface area is 112 Å². The van der Waals surface area contributed by atoms with E-state index in [4.69, 9.17) is 0 Å². The van der Waals surface area contributed by atoms with E-state index in [1.165, 1.54) is 38.5 Å². The normalized spacial score (nSPS) is 18.9. The predicted octanol–water partition coefficient (Wildman–Crippen LogP) is 4.61. The number of hydrogen-bond acceptors (Lipinski definition) is 2. The van der Waals surface area contributed by atoms with E-state index >= 15 is 0 Å². The number of rotatable bonds is 4. The molecule has 1 saturated carbocycles. The molecule has 2 nitrogen and oxygen atoms in total. The molecule has 0 aromatic carbocycles. The van der Waals surface area contributed by atoms with Gasteiger partial charge in [0.15, 0.2) is 0 Å². The van der Waals surface area contributed by atoms with E-state index in [1.54, 1.807) is 0 Å². The molecule has 1 aromatic heterocycles. The first-order valence-corrected chi connectivity index (χ1v) is 7.46. The van der Waals surface area contributed by atoms with Crippen LogP contribution >= 0.6 is 15.9 Å². The van der Waals surface area contributed by atoms with Crippen molar-refractivity contribution in [2.75, 3.05) is 5.32 Å². The third-order valence-electron chi connectivity index (χ3n) is 3.72. The molecule has 2 rings (SSSR count). The van der Waals surface area contributed by atoms with Crippen molar-refractivity contribution in [1.29, 1.82) is 0 Å². The Morgan fingerprint density at radius 1 is 1.35 bits per heavy atom. The molecule has 17 heavy (non-hydrogen) atoms. The molecule has 94 valence electrons. The Bertz CT molecular complexity index is 348. The van der Waals surface area contributed by atoms with Crippen molar-refractivity contribution in [3.8, 4) is 0 Å². The SMILES string of the molecule is CCC(Nc1cncc(Br)c1)C1CCCCC1. The zero-order chi connectivity index (χ0) is 12.1. The molecule has 1 unspecified atom stereocenters. The fourth-order valence-corrected chi connectivity index (χ4v) is 3.16. The standard InChI is InChI=1S/C14H21BrN2/c1-2-14(11-6-4-3-5-7-11)17-13-8-12(15)9-16-10-13/h8-11,14,17H,2-7H2,1H3. The maximum Gasteiger partial charge on any atom is 0.0540 e. The Kier molecular flexibility index (Phi) is 4.84. The van der Waals surface area contributed by atoms with Gasteiger partial charge in [-0.05, 0) is 47.2 Å². The molecule has 1 atom stereocenters. The van der Waals surface area contributed by atoms with Crippen molar-refractivity contribution in [2.45, 2.75) is 51.5 Å². The molecular weight excluding hydrogens is 276 g/mol. The van der Waals surface area contributed by atoms with Crippen LogP contribution in [0.2, 0.25) is 0 Å². The number of halogens is 1. The van der Waals surface area contributed by atoms with Crippen molar-refractivity contribution < 1.29 is 0 Å². The van der Waals surface area contributed by atoms with Gasteiger partial charge in [0.2, 0.25) is 0 Å². The van der Waals surface area contributed by atoms with Crippen LogP contribution in [0.1, 0.15) is 45.4 Å². The average Bonchev–Trinajstić information content (AvgIpc) is 2.37. The second-order valence-electron chi connectivity index (χ2n) is 4.95. The molecule has 1 aromatic rings. The zero-order valence-corrected chi connectivity index (χ0v) is 12.0. The molecule has 0 saturated heterocycles. The summed E-state index contributed by atoms with van der Waals surface area (Å²) in [5.41, 5.74) is 1.14. The van der Waals surface area contributed by atoms with Crippen molar-refractivity contribution >= 4 is 21.6 Å². The number of pyridine rings is 1. The van der Waals surface area contributed by atoms with Gasteiger partial charge in [0, 0.05) is 16.7 Å². The third-order valence-corrected chi connectivity index (χ3v) is 4.15. The van der Waals surface area contributed by atoms with Crippen molar-refractivity contribution in [1.82, 2.24) is 4.98 Å². The maximum atomic E-state index is 4.21. The predicted molar refractivity (Wildman–Crippen MR) is 76.2 cm³/mol. The highest BCUT2D eigenvalue weighted by atomic mass is 79.9. The smallest absolute Gasteiger partial charge is 0.0540 e. The van der Waals surface area contributed by atoms with E-state index in [0.717, 1.165) is 16.1 Å². The summed E-state index contributed by atoms with van der Waals surface area (Å²) in [6.07, 6.45) is 11.9. The lowest BCUT2D eigenvalue weighted by Gasteiger charge is -2.31. The molecular formula is C14H21BrN2. The first kappa shape index (κ1) is 12.9. The van der Waals surface area contributed by atoms with E-state index in [-0.39, 0.29) is 0 Å². The van der Waals surface area contributed by atoms with Gasteiger partial charge in [-0.2, -0.15) is 0 Å². The first-order valence-electron chi connectivity index (χ1n) is 6.66. The fraction of sp³-hybridized carbons (Fsp3) is 0.643. The number of aromatic nitrogens is 1. The zero-order valence-electron chi connectivity index (χ0n) is 10.5. The van der Waals surface area contributed by atoms with E-state index in [1.807, 2.05) is 12.4 Å². The van der Waals surface area contributed by atoms with Crippen LogP contribution in [0.5, 0.6) is 0 Å². The second kappa shape index (κ2) is 6.39. The lowest BCUT2D eigenvalue weighted by molar-refractivity contribution is 0.313. The molecule has 0 bridgehead atoms. The molecule has 0 aliphatic heterocycles. The van der Waals surface area contributed by atoms with Gasteiger partial charge in [0.05, 0.1) is 11.9 Å². The minimum absolute atomic E-state index is 0.603. The first-order chi connectivity index (χ1) is 8.29. The molecule has 1 aliphatic rings. The van der Waals surface area contributed by atoms with Gasteiger partial charge in [0.25, 0.3) is 0 Å². The highest BCUT2D eigenvalue weighted by Crippen LogP contribution is 2.29. The summed E-state index contributed by atoms with van der Waals surface area (Å²) in [6, 6.07) is 2.71. The van der Waals surface area contributed by atoms with Crippen molar-refractivity contribution in [2.24, 2.45) is 5.92 Å². The van der Waals surface area contributed by atoms with Crippen LogP contribution in [0.4, 0.5) is 5.69 Å². The van der Waals surface area contributed by atoms with Gasteiger partial charge in [0.1, 0.15) is 0 Å². The van der Waals surface area contributed by atoms with Crippen molar-refractivity contribution in [3.05, 3.63) is 22.9 Å². The van der Waals surface area contributed by atoms with Crippen LogP contribution in [0.25, 0.3) is 0 Å². The highest BCUT2D eigenvalue weighted by Gasteiger charge is 2.22. The second-order valence-corrected chi connectivity index (χ2v) is 5.86. The van der Waals surface area contributed by atoms with Crippen LogP contribution in [-0.2, 0) is 0 Å². The summed E-state index contributed by atoms with van der Waals surface area (Å²) in [5.74, 6) is 0.840. The summed E-state index contributed by atoms with van der Waals surface area (Å²) in [7, 11) is 0. The minimum atomic E-state index is 0.603. The lowest BCUT2D eigenvalue weighted by atomic mass is 9.83. The average molecular weight is 297 g/mol. The van der Waals surface area contributed by atoms with Crippen LogP contribution in [-0.4, -0.2) is 11.0 Å². The highest BCUT2D eigenvalue weighted by molar-refractivity contribution is 9.10. The van der Waals surface area contributed by atoms with Gasteiger partial charge in [-0.25, -0.2) is 0 Å². The van der Waals surface area contributed by atoms with E-state index in [9.17, 15) is 0 Å². The molecule has 1 aliphatic carbocycles. The summed E-state index contributed by atoms with van der Waals surface area (Å²) >= 11 is 3.47. The Balaban J connectivity index is 1.98. The molecule has 1 N–H and O–H groups in total. The monoisotopic (exact) mass is 296 g/mol. The number of hydrogen-bond donors (Lipinski definition) is 1. The lowest BCUT2D eigenvalue weighted by Crippen LogP contribution is -2.30. The summed E-state index contributed by atoms with van der Waals surface area (Å²) in [6.45, 7) is 2.28. The van der Waals surface area contributed by atoms with Crippen LogP contribution < -0.4 is 5.32 Å². The Morgan fingerprint density at radius 2 is 2.12 bits per heavy atom. The van der Waals surface area contributed by atoms with Crippen LogP contribution in [0, 0.1) is 5.92 Å². The topological polar surface area (TPSA) is 24.9 Å². The van der Waals surface area contributed by atoms with Crippen molar-refractivity contribution in [3.63, 3.8) is 0 Å². The van der Waals surface area contributed by atoms with E-state index < -0.39 is 0 Å². The Morgan fingerprint density at radius 3 is 2.76 bits per heavy atom. The summed E-state index contributed by atoms with van der Waals surface area (Å²) in [5, 5.41) is 3.65. The summed E-state index contributed by atoms with van der Waals surface area (Å²) < 4.78 is 1.04. The molecule has 1 fully saturated rings. The third kappa shape index (κ3) is 3.70. The minimum Gasteiger partial charge on any atom is -0.381 e. The Hall–Kier alpha value is -0.570. The molecule has 3 heteroatoms. The van der Waals surface area contributed by atoms with Gasteiger partial charge >= 0.3 is 0 Å². The van der Waals surface area contributed by atoms with Gasteiger partial charge in [-0.1, -0.05) is 26.2 Å². The van der Waals surface area contributed by atoms with E-state index in [2.05, 4.69) is 39.2 Å². The quantitative estimate of drug-likeness (QED) is 0.877. The number of nitrogens with one attached hydrogen (secondary N) is 1. The molecule has 1 heterocycles. The number of anilines is 1. The van der Waals surface area contributed by atoms with E-state index in [0.29, 0.717) is 6.04 Å². The van der Waals surface area contributed by atoms with Crippen LogP contribution in [0.3, 0.4) is 0 Å². The summed E-state index contributed by atoms with van der Waals surface area (Å²) in [4.78, 5) is 4.21. The number of nitrogens with zero attached hydrogens (tertiary/aromatic N) is 1. The molecule has 0 radical (unpaired) electrons. The fourth-order valence-electron chi connectivity index (χ4n) is 2.79. The molecule has 0 spiro atoms. The van der Waals surface area contributed by atoms with Gasteiger partial charge in [-0.3, -0.25) is 4.98 Å². The largest absolute Gasteiger partial charge is 0.381 e. The molecule has 0 amide bonds. The van der Waals surface area contributed by atoms with Crippen LogP contribution in [0.15, 0.2) is 22.9 Å². The maximum absolute atomic E-state index is 4.21. The van der Waals surface area contributed by atoms with Gasteiger partial charge < -0.3 is 5.32 Å². The van der Waals surface area contributed by atoms with Gasteiger partial charge in [-0.15, -0.1) is 0 Å².